The number of benzene rings is 1. The summed E-state index contributed by atoms with van der Waals surface area (Å²) in [6.07, 6.45) is -2.57. The van der Waals surface area contributed by atoms with Crippen LogP contribution in [0.3, 0.4) is 0 Å². The van der Waals surface area contributed by atoms with Gasteiger partial charge in [0, 0.05) is 10.5 Å². The fourth-order valence-electron chi connectivity index (χ4n) is 1.45. The average molecular weight is 246 g/mol. The van der Waals surface area contributed by atoms with Crippen molar-refractivity contribution in [1.29, 1.82) is 0 Å². The van der Waals surface area contributed by atoms with Gasteiger partial charge in [-0.2, -0.15) is 0 Å². The van der Waals surface area contributed by atoms with E-state index in [9.17, 15) is 13.6 Å². The van der Waals surface area contributed by atoms with Gasteiger partial charge in [0.05, 0.1) is 5.56 Å². The number of carboxylic acid groups (broad SMARTS) is 1. The summed E-state index contributed by atoms with van der Waals surface area (Å²) in [7, 11) is 0. The first-order valence-electron chi connectivity index (χ1n) is 4.76. The molecule has 0 aliphatic carbocycles. The highest BCUT2D eigenvalue weighted by molar-refractivity contribution is 7.99. The van der Waals surface area contributed by atoms with Crippen LogP contribution in [0.1, 0.15) is 34.8 Å². The monoisotopic (exact) mass is 246 g/mol. The van der Waals surface area contributed by atoms with Crippen molar-refractivity contribution in [3.05, 3.63) is 28.8 Å². The average Bonchev–Trinajstić information content (AvgIpc) is 2.20. The van der Waals surface area contributed by atoms with Crippen LogP contribution >= 0.6 is 11.8 Å². The van der Waals surface area contributed by atoms with Crippen molar-refractivity contribution in [2.75, 3.05) is 5.75 Å². The number of thioether (sulfide) groups is 1. The Bertz CT molecular complexity index is 405. The van der Waals surface area contributed by atoms with E-state index >= 15 is 0 Å². The number of halogens is 2. The summed E-state index contributed by atoms with van der Waals surface area (Å²) in [5.74, 6) is -0.458. The quantitative estimate of drug-likeness (QED) is 0.822. The fraction of sp³-hybridized carbons (Fsp3) is 0.364. The van der Waals surface area contributed by atoms with Gasteiger partial charge in [-0.05, 0) is 24.3 Å². The summed E-state index contributed by atoms with van der Waals surface area (Å²) in [5.41, 5.74) is 0.409. The second kappa shape index (κ2) is 5.30. The van der Waals surface area contributed by atoms with Crippen LogP contribution < -0.4 is 0 Å². The van der Waals surface area contributed by atoms with Crippen LogP contribution in [0.5, 0.6) is 0 Å². The number of hydrogen-bond acceptors (Lipinski definition) is 2. The van der Waals surface area contributed by atoms with Gasteiger partial charge >= 0.3 is 5.97 Å². The predicted octanol–water partition coefficient (Wildman–Crippen LogP) is 3.74. The third-order valence-corrected chi connectivity index (χ3v) is 3.31. The van der Waals surface area contributed by atoms with Gasteiger partial charge < -0.3 is 5.11 Å². The molecule has 1 aromatic rings. The smallest absolute Gasteiger partial charge is 0.335 e. The third kappa shape index (κ3) is 2.52. The maximum Gasteiger partial charge on any atom is 0.335 e. The van der Waals surface area contributed by atoms with Crippen molar-refractivity contribution in [2.24, 2.45) is 0 Å². The van der Waals surface area contributed by atoms with Crippen LogP contribution in [0.15, 0.2) is 17.0 Å². The highest BCUT2D eigenvalue weighted by Gasteiger charge is 2.19. The summed E-state index contributed by atoms with van der Waals surface area (Å²) in [4.78, 5) is 11.2. The summed E-state index contributed by atoms with van der Waals surface area (Å²) in [6, 6.07) is 2.43. The first kappa shape index (κ1) is 13.0. The first-order valence-corrected chi connectivity index (χ1v) is 5.75. The Kier molecular flexibility index (Phi) is 4.29. The number of carboxylic acids is 1. The SMILES string of the molecule is CCSc1c(C(F)F)ccc(C(=O)O)c1C. The van der Waals surface area contributed by atoms with Crippen molar-refractivity contribution >= 4 is 17.7 Å². The molecule has 0 aliphatic heterocycles. The highest BCUT2D eigenvalue weighted by atomic mass is 32.2. The van der Waals surface area contributed by atoms with E-state index in [-0.39, 0.29) is 11.1 Å². The van der Waals surface area contributed by atoms with E-state index in [1.807, 2.05) is 6.92 Å². The van der Waals surface area contributed by atoms with Gasteiger partial charge in [0.1, 0.15) is 0 Å². The molecule has 0 aromatic heterocycles. The van der Waals surface area contributed by atoms with Crippen molar-refractivity contribution in [3.8, 4) is 0 Å². The molecule has 1 rings (SSSR count). The molecule has 16 heavy (non-hydrogen) atoms. The van der Waals surface area contributed by atoms with Gasteiger partial charge in [-0.25, -0.2) is 13.6 Å². The van der Waals surface area contributed by atoms with Crippen molar-refractivity contribution in [1.82, 2.24) is 0 Å². The lowest BCUT2D eigenvalue weighted by Gasteiger charge is -2.12. The molecule has 2 nitrogen and oxygen atoms in total. The predicted molar refractivity (Wildman–Crippen MR) is 59.5 cm³/mol. The summed E-state index contributed by atoms with van der Waals surface area (Å²) < 4.78 is 25.4. The minimum Gasteiger partial charge on any atom is -0.478 e. The molecule has 0 saturated carbocycles. The van der Waals surface area contributed by atoms with E-state index in [1.54, 1.807) is 6.92 Å². The molecule has 0 heterocycles. The zero-order valence-corrected chi connectivity index (χ0v) is 9.78. The second-order valence-corrected chi connectivity index (χ2v) is 4.47. The molecule has 5 heteroatoms. The Morgan fingerprint density at radius 2 is 2.12 bits per heavy atom. The molecular weight excluding hydrogens is 234 g/mol. The molecule has 0 bridgehead atoms. The molecule has 0 saturated heterocycles. The van der Waals surface area contributed by atoms with Gasteiger partial charge in [0.2, 0.25) is 0 Å². The molecule has 1 aromatic carbocycles. The van der Waals surface area contributed by atoms with Crippen LogP contribution in [0, 0.1) is 6.92 Å². The van der Waals surface area contributed by atoms with Crippen LogP contribution in [-0.2, 0) is 0 Å². The zero-order valence-electron chi connectivity index (χ0n) is 8.96. The summed E-state index contributed by atoms with van der Waals surface area (Å²) >= 11 is 1.25. The molecular formula is C11H12F2O2S. The normalized spacial score (nSPS) is 10.8. The second-order valence-electron chi connectivity index (χ2n) is 3.20. The maximum absolute atomic E-state index is 12.7. The molecule has 0 radical (unpaired) electrons. The number of alkyl halides is 2. The largest absolute Gasteiger partial charge is 0.478 e. The van der Waals surface area contributed by atoms with Crippen molar-refractivity contribution < 1.29 is 18.7 Å². The Balaban J connectivity index is 3.35. The van der Waals surface area contributed by atoms with E-state index in [4.69, 9.17) is 5.11 Å². The lowest BCUT2D eigenvalue weighted by molar-refractivity contribution is 0.0695. The van der Waals surface area contributed by atoms with Gasteiger partial charge in [-0.3, -0.25) is 0 Å². The van der Waals surface area contributed by atoms with Crippen LogP contribution in [-0.4, -0.2) is 16.8 Å². The molecule has 0 fully saturated rings. The minimum absolute atomic E-state index is 0.0837. The van der Waals surface area contributed by atoms with Gasteiger partial charge in [-0.1, -0.05) is 13.0 Å². The molecule has 88 valence electrons. The molecule has 0 unspecified atom stereocenters. The van der Waals surface area contributed by atoms with Crippen LogP contribution in [0.25, 0.3) is 0 Å². The maximum atomic E-state index is 12.7. The number of aromatic carboxylic acids is 1. The number of hydrogen-bond donors (Lipinski definition) is 1. The summed E-state index contributed by atoms with van der Waals surface area (Å²) in [6.45, 7) is 3.40. The first-order chi connectivity index (χ1) is 7.49. The Morgan fingerprint density at radius 3 is 2.56 bits per heavy atom. The van der Waals surface area contributed by atoms with E-state index < -0.39 is 12.4 Å². The highest BCUT2D eigenvalue weighted by Crippen LogP contribution is 2.34. The molecule has 1 N–H and O–H groups in total. The minimum atomic E-state index is -2.57. The van der Waals surface area contributed by atoms with E-state index in [0.717, 1.165) is 0 Å². The van der Waals surface area contributed by atoms with E-state index in [2.05, 4.69) is 0 Å². The van der Waals surface area contributed by atoms with E-state index in [0.29, 0.717) is 16.2 Å². The molecule has 0 aliphatic rings. The van der Waals surface area contributed by atoms with Gasteiger partial charge in [0.15, 0.2) is 0 Å². The lowest BCUT2D eigenvalue weighted by Crippen LogP contribution is -2.03. The molecule has 0 atom stereocenters. The van der Waals surface area contributed by atoms with Crippen LogP contribution in [0.2, 0.25) is 0 Å². The van der Waals surface area contributed by atoms with Crippen molar-refractivity contribution in [2.45, 2.75) is 25.2 Å². The Labute approximate surface area is 96.7 Å². The molecule has 0 amide bonds. The Morgan fingerprint density at radius 1 is 1.50 bits per heavy atom. The van der Waals surface area contributed by atoms with Crippen LogP contribution in [0.4, 0.5) is 8.78 Å². The third-order valence-electron chi connectivity index (χ3n) is 2.19. The fourth-order valence-corrected chi connectivity index (χ4v) is 2.39. The molecule has 0 spiro atoms. The lowest BCUT2D eigenvalue weighted by atomic mass is 10.1. The van der Waals surface area contributed by atoms with Gasteiger partial charge in [-0.15, -0.1) is 11.8 Å². The topological polar surface area (TPSA) is 37.3 Å². The van der Waals surface area contributed by atoms with Crippen molar-refractivity contribution in [3.63, 3.8) is 0 Å². The Hall–Kier alpha value is -1.10. The summed E-state index contributed by atoms with van der Waals surface area (Å²) in [5, 5.41) is 8.89. The van der Waals surface area contributed by atoms with E-state index in [1.165, 1.54) is 23.9 Å². The standard InChI is InChI=1S/C11H12F2O2S/c1-3-16-9-6(2)7(11(14)15)4-5-8(9)10(12)13/h4-5,10H,3H2,1-2H3,(H,14,15). The number of carbonyl (C=O) groups is 1. The number of rotatable bonds is 4. The zero-order chi connectivity index (χ0) is 12.3. The van der Waals surface area contributed by atoms with Gasteiger partial charge in [0.25, 0.3) is 6.43 Å².